The molecule has 4 rings (SSSR count). The second-order valence-electron chi connectivity index (χ2n) is 8.40. The Morgan fingerprint density at radius 2 is 1.89 bits per heavy atom. The van der Waals surface area contributed by atoms with Crippen LogP contribution in [0.1, 0.15) is 38.1 Å². The van der Waals surface area contributed by atoms with E-state index in [0.29, 0.717) is 6.54 Å². The van der Waals surface area contributed by atoms with Crippen molar-refractivity contribution in [3.8, 4) is 0 Å². The highest BCUT2D eigenvalue weighted by Crippen LogP contribution is 2.44. The van der Waals surface area contributed by atoms with Gasteiger partial charge in [0, 0.05) is 35.3 Å². The van der Waals surface area contributed by atoms with Crippen LogP contribution in [-0.4, -0.2) is 32.1 Å². The van der Waals surface area contributed by atoms with Crippen LogP contribution in [0.25, 0.3) is 10.9 Å². The number of carbonyl (C=O) groups is 1. The largest absolute Gasteiger partial charge is 0.356 e. The summed E-state index contributed by atoms with van der Waals surface area (Å²) in [5.74, 6) is -0.187. The number of H-pyrrole nitrogens is 2. The van der Waals surface area contributed by atoms with Crippen molar-refractivity contribution in [1.29, 1.82) is 0 Å². The number of para-hydroxylation sites is 1. The predicted molar refractivity (Wildman–Crippen MR) is 107 cm³/mol. The average molecular weight is 380 g/mol. The van der Waals surface area contributed by atoms with Gasteiger partial charge >= 0.3 is 0 Å². The maximum absolute atomic E-state index is 13.1. The first kappa shape index (κ1) is 18.3. The van der Waals surface area contributed by atoms with Crippen LogP contribution in [-0.2, 0) is 17.8 Å². The van der Waals surface area contributed by atoms with Crippen LogP contribution >= 0.6 is 0 Å². The van der Waals surface area contributed by atoms with Crippen molar-refractivity contribution >= 4 is 16.8 Å². The Hall–Kier alpha value is -3.09. The molecule has 0 aliphatic carbocycles. The van der Waals surface area contributed by atoms with Gasteiger partial charge in [0.05, 0.1) is 6.04 Å². The average Bonchev–Trinajstić information content (AvgIpc) is 3.01. The van der Waals surface area contributed by atoms with Crippen LogP contribution in [0.4, 0.5) is 0 Å². The van der Waals surface area contributed by atoms with Gasteiger partial charge in [0.15, 0.2) is 0 Å². The van der Waals surface area contributed by atoms with Gasteiger partial charge in [0.1, 0.15) is 6.54 Å². The van der Waals surface area contributed by atoms with Gasteiger partial charge in [-0.3, -0.25) is 19.5 Å². The van der Waals surface area contributed by atoms with Gasteiger partial charge in [0.2, 0.25) is 5.91 Å². The minimum atomic E-state index is -0.406. The van der Waals surface area contributed by atoms with E-state index < -0.39 is 11.1 Å². The van der Waals surface area contributed by atoms with Crippen molar-refractivity contribution in [2.45, 2.75) is 39.8 Å². The Morgan fingerprint density at radius 1 is 1.14 bits per heavy atom. The molecule has 1 aliphatic heterocycles. The fraction of sp³-hybridized carbons (Fsp3) is 0.381. The minimum absolute atomic E-state index is 0.151. The molecule has 1 amide bonds. The smallest absolute Gasteiger partial charge is 0.265 e. The summed E-state index contributed by atoms with van der Waals surface area (Å²) in [7, 11) is 0. The van der Waals surface area contributed by atoms with Crippen LogP contribution in [0, 0.1) is 5.41 Å². The van der Waals surface area contributed by atoms with Gasteiger partial charge < -0.3 is 9.88 Å². The van der Waals surface area contributed by atoms with Crippen molar-refractivity contribution in [2.24, 2.45) is 5.41 Å². The van der Waals surface area contributed by atoms with Crippen LogP contribution in [0.15, 0.2) is 46.0 Å². The molecule has 0 spiro atoms. The van der Waals surface area contributed by atoms with E-state index in [2.05, 4.69) is 36.9 Å². The first-order valence-corrected chi connectivity index (χ1v) is 9.45. The number of nitrogens with zero attached hydrogens (tertiary/aromatic N) is 2. The maximum atomic E-state index is 13.1. The summed E-state index contributed by atoms with van der Waals surface area (Å²) in [6.07, 6.45) is 0.748. The predicted octanol–water partition coefficient (Wildman–Crippen LogP) is 2.19. The molecule has 7 nitrogen and oxygen atoms in total. The SMILES string of the molecule is CC(C)(C)[C@H]1c2[nH]c3ccccc3c2CCN1C(=O)Cn1[nH]c(=O)ccc1=O. The standard InChI is InChI=1S/C21H24N4O3/c1-21(2,3)20-19-14(13-6-4-5-7-15(13)22-19)10-11-24(20)18(28)12-25-17(27)9-8-16(26)23-25/h4-9,20,22H,10-12H2,1-3H3,(H,23,26)/t20-/m1/s1. The molecule has 1 aromatic carbocycles. The van der Waals surface area contributed by atoms with E-state index in [4.69, 9.17) is 0 Å². The van der Waals surface area contributed by atoms with Crippen LogP contribution in [0.5, 0.6) is 0 Å². The Balaban J connectivity index is 1.74. The van der Waals surface area contributed by atoms with Crippen molar-refractivity contribution in [3.63, 3.8) is 0 Å². The lowest BCUT2D eigenvalue weighted by Gasteiger charge is -2.43. The number of hydrogen-bond acceptors (Lipinski definition) is 3. The molecule has 0 fully saturated rings. The Bertz CT molecular complexity index is 1160. The molecule has 0 radical (unpaired) electrons. The molecule has 0 saturated heterocycles. The highest BCUT2D eigenvalue weighted by molar-refractivity contribution is 5.86. The van der Waals surface area contributed by atoms with Gasteiger partial charge in [0.25, 0.3) is 11.1 Å². The molecule has 0 unspecified atom stereocenters. The van der Waals surface area contributed by atoms with Crippen LogP contribution < -0.4 is 11.1 Å². The molecule has 1 aliphatic rings. The topological polar surface area (TPSA) is 91.0 Å². The van der Waals surface area contributed by atoms with Crippen molar-refractivity contribution in [1.82, 2.24) is 19.7 Å². The van der Waals surface area contributed by atoms with Gasteiger partial charge in [-0.15, -0.1) is 0 Å². The Labute approximate surface area is 162 Å². The first-order valence-electron chi connectivity index (χ1n) is 9.45. The molecule has 146 valence electrons. The number of amides is 1. The fourth-order valence-corrected chi connectivity index (χ4v) is 4.22. The van der Waals surface area contributed by atoms with Crippen LogP contribution in [0.3, 0.4) is 0 Å². The Kier molecular flexibility index (Phi) is 4.25. The van der Waals surface area contributed by atoms with Gasteiger partial charge in [-0.2, -0.15) is 0 Å². The normalized spacial score (nSPS) is 17.0. The summed E-state index contributed by atoms with van der Waals surface area (Å²) in [5, 5.41) is 3.63. The van der Waals surface area contributed by atoms with E-state index in [1.54, 1.807) is 0 Å². The van der Waals surface area contributed by atoms with E-state index in [1.165, 1.54) is 23.1 Å². The van der Waals surface area contributed by atoms with Crippen molar-refractivity contribution in [2.75, 3.05) is 6.54 Å². The number of aromatic nitrogens is 3. The maximum Gasteiger partial charge on any atom is 0.265 e. The lowest BCUT2D eigenvalue weighted by Crippen LogP contribution is -2.47. The molecule has 7 heteroatoms. The van der Waals surface area contributed by atoms with Crippen molar-refractivity contribution in [3.05, 3.63) is 68.4 Å². The number of rotatable bonds is 2. The van der Waals surface area contributed by atoms with Gasteiger partial charge in [-0.25, -0.2) is 4.68 Å². The second kappa shape index (κ2) is 6.51. The second-order valence-corrected chi connectivity index (χ2v) is 8.40. The third kappa shape index (κ3) is 3.06. The Morgan fingerprint density at radius 3 is 2.64 bits per heavy atom. The molecule has 2 aromatic heterocycles. The third-order valence-corrected chi connectivity index (χ3v) is 5.36. The molecule has 3 heterocycles. The number of nitrogens with one attached hydrogen (secondary N) is 2. The molecular weight excluding hydrogens is 356 g/mol. The summed E-state index contributed by atoms with van der Waals surface area (Å²) >= 11 is 0. The number of hydrogen-bond donors (Lipinski definition) is 2. The van der Waals surface area contributed by atoms with Gasteiger partial charge in [-0.05, 0) is 23.5 Å². The summed E-state index contributed by atoms with van der Waals surface area (Å²) in [6, 6.07) is 10.4. The van der Waals surface area contributed by atoms with Crippen molar-refractivity contribution < 1.29 is 4.79 Å². The molecule has 28 heavy (non-hydrogen) atoms. The lowest BCUT2D eigenvalue weighted by atomic mass is 9.79. The number of fused-ring (bicyclic) bond motifs is 3. The van der Waals surface area contributed by atoms with E-state index >= 15 is 0 Å². The lowest BCUT2D eigenvalue weighted by molar-refractivity contribution is -0.137. The first-order chi connectivity index (χ1) is 13.3. The van der Waals surface area contributed by atoms with Crippen LogP contribution in [0.2, 0.25) is 0 Å². The zero-order valence-corrected chi connectivity index (χ0v) is 16.3. The van der Waals surface area contributed by atoms with E-state index in [1.807, 2.05) is 23.1 Å². The zero-order valence-electron chi connectivity index (χ0n) is 16.3. The molecule has 3 aromatic rings. The highest BCUT2D eigenvalue weighted by Gasteiger charge is 2.40. The van der Waals surface area contributed by atoms with E-state index in [0.717, 1.165) is 22.3 Å². The van der Waals surface area contributed by atoms with Gasteiger partial charge in [-0.1, -0.05) is 39.0 Å². The number of benzene rings is 1. The molecule has 0 bridgehead atoms. The van der Waals surface area contributed by atoms with E-state index in [9.17, 15) is 14.4 Å². The summed E-state index contributed by atoms with van der Waals surface area (Å²) in [4.78, 5) is 42.0. The highest BCUT2D eigenvalue weighted by atomic mass is 16.2. The quantitative estimate of drug-likeness (QED) is 0.714. The fourth-order valence-electron chi connectivity index (χ4n) is 4.22. The third-order valence-electron chi connectivity index (χ3n) is 5.36. The minimum Gasteiger partial charge on any atom is -0.356 e. The summed E-state index contributed by atoms with van der Waals surface area (Å²) < 4.78 is 1.07. The molecule has 0 saturated carbocycles. The molecular formula is C21H24N4O3. The zero-order chi connectivity index (χ0) is 20.1. The monoisotopic (exact) mass is 380 g/mol. The van der Waals surface area contributed by atoms with E-state index in [-0.39, 0.29) is 23.9 Å². The molecule has 2 N–H and O–H groups in total. The summed E-state index contributed by atoms with van der Waals surface area (Å²) in [6.45, 7) is 6.71. The molecule has 1 atom stereocenters. The summed E-state index contributed by atoms with van der Waals surface area (Å²) in [5.41, 5.74) is 2.37. The number of aromatic amines is 2. The number of carbonyl (C=O) groups excluding carboxylic acids is 1.